The molecule has 0 saturated heterocycles. The molecule has 38 heavy (non-hydrogen) atoms. The molecule has 4 atom stereocenters. The van der Waals surface area contributed by atoms with Crippen LogP contribution in [0.15, 0.2) is 18.2 Å². The van der Waals surface area contributed by atoms with Crippen LogP contribution < -0.4 is 0 Å². The van der Waals surface area contributed by atoms with Crippen LogP contribution >= 0.6 is 0 Å². The zero-order valence-corrected chi connectivity index (χ0v) is 26.0. The van der Waals surface area contributed by atoms with Crippen molar-refractivity contribution in [2.24, 2.45) is 23.7 Å². The summed E-state index contributed by atoms with van der Waals surface area (Å²) in [5.74, 6) is 1.68. The molecule has 0 radical (unpaired) electrons. The van der Waals surface area contributed by atoms with E-state index < -0.39 is 0 Å². The van der Waals surface area contributed by atoms with E-state index in [1.807, 2.05) is 26.0 Å². The Kier molecular flexibility index (Phi) is 18.8. The first-order valence-corrected chi connectivity index (χ1v) is 15.1. The fraction of sp³-hybridized carbons (Fsp3) is 0.706. The molecule has 2 rings (SSSR count). The third-order valence-corrected chi connectivity index (χ3v) is 7.18. The van der Waals surface area contributed by atoms with Gasteiger partial charge >= 0.3 is 0 Å². The molecule has 1 aromatic rings. The van der Waals surface area contributed by atoms with Crippen molar-refractivity contribution < 1.29 is 19.2 Å². The standard InChI is InChI=1S/C23H32O3.C8H16O.C3H8/c1-5-8-18(20(6-2)21(25)11-16(4)24)12-17-13-19-10-7-9-15(3)23(19)22(26)14-17;1-4-5-7(2)6-8(3)9;1-3-2/h7,9-10,17-18,20H,5-6,8,11-14H2,1-4H3;7H,4-6H2,1-3H3;3H2,1-2H3. The van der Waals surface area contributed by atoms with Gasteiger partial charge in [0.25, 0.3) is 0 Å². The summed E-state index contributed by atoms with van der Waals surface area (Å²) in [6, 6.07) is 6.10. The maximum absolute atomic E-state index is 12.7. The smallest absolute Gasteiger partial charge is 0.163 e. The molecule has 0 amide bonds. The summed E-state index contributed by atoms with van der Waals surface area (Å²) in [6.45, 7) is 17.9. The Morgan fingerprint density at radius 3 is 2.03 bits per heavy atom. The lowest BCUT2D eigenvalue weighted by atomic mass is 9.72. The summed E-state index contributed by atoms with van der Waals surface area (Å²) < 4.78 is 0. The molecule has 216 valence electrons. The summed E-state index contributed by atoms with van der Waals surface area (Å²) in [6.07, 6.45) is 9.59. The number of hydrogen-bond donors (Lipinski definition) is 0. The number of rotatable bonds is 13. The third-order valence-electron chi connectivity index (χ3n) is 7.18. The molecule has 0 heterocycles. The number of Topliss-reactive ketones (excluding diaryl/α,β-unsaturated/α-hetero) is 4. The van der Waals surface area contributed by atoms with Gasteiger partial charge in [0.05, 0.1) is 6.42 Å². The van der Waals surface area contributed by atoms with Crippen LogP contribution in [0.3, 0.4) is 0 Å². The minimum absolute atomic E-state index is 0.0460. The second-order valence-corrected chi connectivity index (χ2v) is 11.5. The van der Waals surface area contributed by atoms with Crippen LogP contribution in [0.25, 0.3) is 0 Å². The van der Waals surface area contributed by atoms with E-state index in [4.69, 9.17) is 0 Å². The van der Waals surface area contributed by atoms with Gasteiger partial charge in [-0.3, -0.25) is 14.4 Å². The Labute approximate surface area is 233 Å². The predicted molar refractivity (Wildman–Crippen MR) is 160 cm³/mol. The zero-order chi connectivity index (χ0) is 29.3. The highest BCUT2D eigenvalue weighted by molar-refractivity contribution is 6.00. The van der Waals surface area contributed by atoms with Gasteiger partial charge in [0, 0.05) is 24.3 Å². The van der Waals surface area contributed by atoms with Gasteiger partial charge in [0.2, 0.25) is 0 Å². The fourth-order valence-electron chi connectivity index (χ4n) is 5.78. The van der Waals surface area contributed by atoms with Crippen molar-refractivity contribution >= 4 is 23.1 Å². The van der Waals surface area contributed by atoms with Crippen LogP contribution in [-0.4, -0.2) is 23.1 Å². The Balaban J connectivity index is 0.000000956. The molecule has 0 aliphatic heterocycles. The molecule has 4 heteroatoms. The van der Waals surface area contributed by atoms with Gasteiger partial charge in [-0.15, -0.1) is 0 Å². The van der Waals surface area contributed by atoms with Crippen molar-refractivity contribution in [3.8, 4) is 0 Å². The number of benzene rings is 1. The first kappa shape index (κ1) is 35.9. The molecule has 0 spiro atoms. The molecular weight excluding hydrogens is 472 g/mol. The minimum Gasteiger partial charge on any atom is -0.300 e. The number of carbonyl (C=O) groups excluding carboxylic acids is 4. The Morgan fingerprint density at radius 2 is 1.53 bits per heavy atom. The van der Waals surface area contributed by atoms with Gasteiger partial charge in [-0.05, 0) is 68.9 Å². The second kappa shape index (κ2) is 19.9. The lowest BCUT2D eigenvalue weighted by Crippen LogP contribution is -2.29. The second-order valence-electron chi connectivity index (χ2n) is 11.5. The van der Waals surface area contributed by atoms with Crippen molar-refractivity contribution in [2.45, 2.75) is 133 Å². The summed E-state index contributed by atoms with van der Waals surface area (Å²) in [4.78, 5) is 47.1. The lowest BCUT2D eigenvalue weighted by molar-refractivity contribution is -0.130. The number of aryl methyl sites for hydroxylation is 1. The molecule has 0 fully saturated rings. The fourth-order valence-corrected chi connectivity index (χ4v) is 5.78. The van der Waals surface area contributed by atoms with Crippen LogP contribution in [-0.2, 0) is 20.8 Å². The van der Waals surface area contributed by atoms with E-state index in [1.54, 1.807) is 6.92 Å². The SMILES string of the molecule is CCC.CCCC(C)CC(C)=O.CCCC(CC1CC(=O)c2c(C)cccc2C1)C(CC)C(=O)CC(C)=O. The zero-order valence-electron chi connectivity index (χ0n) is 26.0. The molecule has 0 N–H and O–H groups in total. The van der Waals surface area contributed by atoms with E-state index in [9.17, 15) is 19.2 Å². The lowest BCUT2D eigenvalue weighted by Gasteiger charge is -2.31. The number of fused-ring (bicyclic) bond motifs is 1. The predicted octanol–water partition coefficient (Wildman–Crippen LogP) is 8.94. The van der Waals surface area contributed by atoms with Crippen LogP contribution in [0.4, 0.5) is 0 Å². The minimum atomic E-state index is -0.0622. The van der Waals surface area contributed by atoms with Gasteiger partial charge in [0.1, 0.15) is 17.3 Å². The first-order valence-electron chi connectivity index (χ1n) is 15.1. The number of ketones is 4. The quantitative estimate of drug-likeness (QED) is 0.240. The summed E-state index contributed by atoms with van der Waals surface area (Å²) in [5, 5.41) is 0. The van der Waals surface area contributed by atoms with Gasteiger partial charge in [-0.2, -0.15) is 0 Å². The topological polar surface area (TPSA) is 68.3 Å². The average Bonchev–Trinajstić information content (AvgIpc) is 2.79. The molecule has 1 aliphatic carbocycles. The third kappa shape index (κ3) is 13.6. The summed E-state index contributed by atoms with van der Waals surface area (Å²) >= 11 is 0. The van der Waals surface area contributed by atoms with Crippen LogP contribution in [0, 0.1) is 30.6 Å². The molecule has 1 aliphatic rings. The monoisotopic (exact) mass is 528 g/mol. The highest BCUT2D eigenvalue weighted by atomic mass is 16.1. The van der Waals surface area contributed by atoms with Crippen LogP contribution in [0.2, 0.25) is 0 Å². The number of hydrogen-bond acceptors (Lipinski definition) is 4. The molecule has 0 saturated carbocycles. The van der Waals surface area contributed by atoms with Crippen molar-refractivity contribution in [1.29, 1.82) is 0 Å². The average molecular weight is 529 g/mol. The van der Waals surface area contributed by atoms with Crippen molar-refractivity contribution in [1.82, 2.24) is 0 Å². The Morgan fingerprint density at radius 1 is 0.921 bits per heavy atom. The maximum atomic E-state index is 12.7. The number of carbonyl (C=O) groups is 4. The van der Waals surface area contributed by atoms with E-state index in [2.05, 4.69) is 40.7 Å². The Bertz CT molecular complexity index is 869. The van der Waals surface area contributed by atoms with Crippen molar-refractivity contribution in [2.75, 3.05) is 0 Å². The van der Waals surface area contributed by atoms with E-state index >= 15 is 0 Å². The molecule has 1 aromatic carbocycles. The largest absolute Gasteiger partial charge is 0.300 e. The van der Waals surface area contributed by atoms with Gasteiger partial charge < -0.3 is 4.79 Å². The van der Waals surface area contributed by atoms with Crippen molar-refractivity contribution in [3.63, 3.8) is 0 Å². The highest BCUT2D eigenvalue weighted by Gasteiger charge is 2.32. The Hall–Kier alpha value is -2.10. The van der Waals surface area contributed by atoms with Gasteiger partial charge in [0.15, 0.2) is 5.78 Å². The summed E-state index contributed by atoms with van der Waals surface area (Å²) in [5.41, 5.74) is 3.14. The molecular formula is C34H56O4. The molecule has 0 bridgehead atoms. The molecule has 4 unspecified atom stereocenters. The normalized spacial score (nSPS) is 16.6. The van der Waals surface area contributed by atoms with Crippen LogP contribution in [0.5, 0.6) is 0 Å². The maximum Gasteiger partial charge on any atom is 0.163 e. The van der Waals surface area contributed by atoms with E-state index in [-0.39, 0.29) is 35.6 Å². The van der Waals surface area contributed by atoms with Crippen LogP contribution in [0.1, 0.15) is 141 Å². The van der Waals surface area contributed by atoms with E-state index in [0.717, 1.165) is 55.2 Å². The molecule has 4 nitrogen and oxygen atoms in total. The van der Waals surface area contributed by atoms with E-state index in [1.165, 1.54) is 26.2 Å². The van der Waals surface area contributed by atoms with E-state index in [0.29, 0.717) is 24.0 Å². The summed E-state index contributed by atoms with van der Waals surface area (Å²) in [7, 11) is 0. The first-order chi connectivity index (χ1) is 17.9. The molecule has 0 aromatic heterocycles. The van der Waals surface area contributed by atoms with Gasteiger partial charge in [-0.1, -0.05) is 91.8 Å². The van der Waals surface area contributed by atoms with Crippen molar-refractivity contribution in [3.05, 3.63) is 34.9 Å². The van der Waals surface area contributed by atoms with Gasteiger partial charge in [-0.25, -0.2) is 0 Å². The highest BCUT2D eigenvalue weighted by Crippen LogP contribution is 2.36.